The number of nitrogens with one attached hydrogen (secondary N) is 3. The Kier molecular flexibility index (Phi) is 6.01. The number of halogens is 3. The van der Waals surface area contributed by atoms with Crippen LogP contribution in [0.15, 0.2) is 29.6 Å². The van der Waals surface area contributed by atoms with E-state index in [2.05, 4.69) is 16.0 Å². The number of nitrogens with zero attached hydrogens (tertiary/aromatic N) is 1. The summed E-state index contributed by atoms with van der Waals surface area (Å²) in [7, 11) is 0. The highest BCUT2D eigenvalue weighted by molar-refractivity contribution is 7.10. The van der Waals surface area contributed by atoms with Crippen molar-refractivity contribution in [3.8, 4) is 0 Å². The van der Waals surface area contributed by atoms with E-state index in [0.717, 1.165) is 10.4 Å². The number of carbonyl (C=O) groups excluding carboxylic acids is 4. The molecule has 0 bridgehead atoms. The van der Waals surface area contributed by atoms with Crippen molar-refractivity contribution in [3.05, 3.63) is 51.2 Å². The monoisotopic (exact) mass is 520 g/mol. The molecule has 2 fully saturated rings. The van der Waals surface area contributed by atoms with E-state index < -0.39 is 23.5 Å². The minimum absolute atomic E-state index is 0.0708. The molecule has 3 aliphatic rings. The van der Waals surface area contributed by atoms with Gasteiger partial charge in [0.2, 0.25) is 17.7 Å². The summed E-state index contributed by atoms with van der Waals surface area (Å²) in [5.74, 6) is -1.41. The van der Waals surface area contributed by atoms with Crippen LogP contribution in [0.1, 0.15) is 52.0 Å². The van der Waals surface area contributed by atoms with E-state index in [1.165, 1.54) is 40.5 Å². The highest BCUT2D eigenvalue weighted by atomic mass is 32.1. The van der Waals surface area contributed by atoms with Gasteiger partial charge in [-0.05, 0) is 42.5 Å². The Labute approximate surface area is 208 Å². The van der Waals surface area contributed by atoms with Gasteiger partial charge in [-0.15, -0.1) is 11.3 Å². The standard InChI is InChI=1S/C24H23F3N4O4S/c25-24(26,27)23(7-8-23)13-1-3-14(4-2-13)28-10-20(33)29-9-18-15-11-31(22(35)16(15)12-36-18)17-5-6-19(32)30-21(17)34/h1-4,12,17,28H,5-11H2,(H,29,33)(H,30,32,34)/t17-/m0/s1. The number of hydrogen-bond acceptors (Lipinski definition) is 6. The lowest BCUT2D eigenvalue weighted by Gasteiger charge is -2.29. The second-order valence-electron chi connectivity index (χ2n) is 9.24. The Morgan fingerprint density at radius 3 is 2.53 bits per heavy atom. The molecular formula is C24H23F3N4O4S. The van der Waals surface area contributed by atoms with Crippen LogP contribution in [0.3, 0.4) is 0 Å². The van der Waals surface area contributed by atoms with Gasteiger partial charge < -0.3 is 15.5 Å². The predicted molar refractivity (Wildman–Crippen MR) is 124 cm³/mol. The number of piperidine rings is 1. The molecule has 8 nitrogen and oxygen atoms in total. The Balaban J connectivity index is 1.13. The van der Waals surface area contributed by atoms with Gasteiger partial charge in [0, 0.05) is 28.9 Å². The minimum Gasteiger partial charge on any atom is -0.376 e. The van der Waals surface area contributed by atoms with Crippen molar-refractivity contribution in [2.24, 2.45) is 0 Å². The van der Waals surface area contributed by atoms with Crippen molar-refractivity contribution in [3.63, 3.8) is 0 Å². The fraction of sp³-hybridized carbons (Fsp3) is 0.417. The molecule has 12 heteroatoms. The van der Waals surface area contributed by atoms with Crippen LogP contribution >= 0.6 is 11.3 Å². The van der Waals surface area contributed by atoms with E-state index in [0.29, 0.717) is 11.3 Å². The minimum atomic E-state index is -4.27. The first-order valence-corrected chi connectivity index (χ1v) is 12.4. The molecule has 2 aliphatic heterocycles. The maximum atomic E-state index is 13.3. The van der Waals surface area contributed by atoms with Gasteiger partial charge in [-0.1, -0.05) is 12.1 Å². The van der Waals surface area contributed by atoms with E-state index in [1.54, 1.807) is 5.38 Å². The summed E-state index contributed by atoms with van der Waals surface area (Å²) >= 11 is 1.34. The Morgan fingerprint density at radius 1 is 1.17 bits per heavy atom. The van der Waals surface area contributed by atoms with Gasteiger partial charge >= 0.3 is 6.18 Å². The molecule has 5 rings (SSSR count). The van der Waals surface area contributed by atoms with Gasteiger partial charge in [0.25, 0.3) is 5.91 Å². The number of carbonyl (C=O) groups is 4. The summed E-state index contributed by atoms with van der Waals surface area (Å²) in [5.41, 5.74) is 0.294. The summed E-state index contributed by atoms with van der Waals surface area (Å²) in [5, 5.41) is 9.66. The van der Waals surface area contributed by atoms with Gasteiger partial charge in [0.15, 0.2) is 0 Å². The van der Waals surface area contributed by atoms with E-state index in [-0.39, 0.29) is 68.6 Å². The van der Waals surface area contributed by atoms with Gasteiger partial charge in [-0.3, -0.25) is 24.5 Å². The highest BCUT2D eigenvalue weighted by Crippen LogP contribution is 2.58. The first-order chi connectivity index (χ1) is 17.1. The third kappa shape index (κ3) is 4.34. The van der Waals surface area contributed by atoms with Crippen molar-refractivity contribution in [1.82, 2.24) is 15.5 Å². The average molecular weight is 521 g/mol. The molecule has 0 spiro atoms. The molecule has 2 aromatic rings. The van der Waals surface area contributed by atoms with Crippen molar-refractivity contribution >= 4 is 40.7 Å². The first kappa shape index (κ1) is 24.3. The Bertz CT molecular complexity index is 1240. The average Bonchev–Trinajstić information content (AvgIpc) is 3.48. The quantitative estimate of drug-likeness (QED) is 0.487. The fourth-order valence-corrected chi connectivity index (χ4v) is 5.72. The molecule has 3 heterocycles. The second kappa shape index (κ2) is 8.91. The molecule has 36 heavy (non-hydrogen) atoms. The number of anilines is 1. The highest BCUT2D eigenvalue weighted by Gasteiger charge is 2.64. The third-order valence-corrected chi connectivity index (χ3v) is 8.04. The second-order valence-corrected chi connectivity index (χ2v) is 10.2. The van der Waals surface area contributed by atoms with Crippen LogP contribution < -0.4 is 16.0 Å². The SMILES string of the molecule is O=C(CNc1ccc(C2(C(F)(F)F)CC2)cc1)NCc1scc2c1CN([C@H]1CCC(=O)NC1=O)C2=O. The van der Waals surface area contributed by atoms with Crippen LogP contribution in [0.2, 0.25) is 0 Å². The van der Waals surface area contributed by atoms with E-state index >= 15 is 0 Å². The molecule has 1 aromatic carbocycles. The van der Waals surface area contributed by atoms with Crippen LogP contribution in [0, 0.1) is 0 Å². The predicted octanol–water partition coefficient (Wildman–Crippen LogP) is 2.83. The van der Waals surface area contributed by atoms with E-state index in [4.69, 9.17) is 0 Å². The lowest BCUT2D eigenvalue weighted by atomic mass is 9.95. The molecule has 1 saturated heterocycles. The van der Waals surface area contributed by atoms with Crippen molar-refractivity contribution < 1.29 is 32.3 Å². The number of imide groups is 1. The molecule has 190 valence electrons. The summed E-state index contributed by atoms with van der Waals surface area (Å²) in [6, 6.07) is 5.27. The van der Waals surface area contributed by atoms with E-state index in [1.807, 2.05) is 0 Å². The molecule has 4 amide bonds. The number of fused-ring (bicyclic) bond motifs is 1. The summed E-state index contributed by atoms with van der Waals surface area (Å²) in [6.45, 7) is 0.363. The molecule has 1 aliphatic carbocycles. The number of benzene rings is 1. The number of alkyl halides is 3. The van der Waals surface area contributed by atoms with Gasteiger partial charge in [0.05, 0.1) is 24.1 Å². The number of hydrogen-bond donors (Lipinski definition) is 3. The van der Waals surface area contributed by atoms with Gasteiger partial charge in [-0.25, -0.2) is 0 Å². The maximum Gasteiger partial charge on any atom is 0.398 e. The molecule has 0 unspecified atom stereocenters. The molecular weight excluding hydrogens is 497 g/mol. The zero-order valence-electron chi connectivity index (χ0n) is 19.0. The number of thiophene rings is 1. The van der Waals surface area contributed by atoms with Crippen molar-refractivity contribution in [2.45, 2.75) is 56.4 Å². The molecule has 1 atom stereocenters. The molecule has 0 radical (unpaired) electrons. The van der Waals surface area contributed by atoms with Gasteiger partial charge in [-0.2, -0.15) is 13.2 Å². The topological polar surface area (TPSA) is 108 Å². The first-order valence-electron chi connectivity index (χ1n) is 11.5. The summed E-state index contributed by atoms with van der Waals surface area (Å²) in [4.78, 5) is 51.0. The van der Waals surface area contributed by atoms with Crippen LogP contribution in [-0.2, 0) is 32.9 Å². The van der Waals surface area contributed by atoms with Crippen molar-refractivity contribution in [1.29, 1.82) is 0 Å². The zero-order valence-corrected chi connectivity index (χ0v) is 19.9. The summed E-state index contributed by atoms with van der Waals surface area (Å²) in [6.07, 6.45) is -3.63. The Hall–Kier alpha value is -3.41. The van der Waals surface area contributed by atoms with E-state index in [9.17, 15) is 32.3 Å². The number of amides is 4. The molecule has 3 N–H and O–H groups in total. The maximum absolute atomic E-state index is 13.3. The smallest absolute Gasteiger partial charge is 0.376 e. The largest absolute Gasteiger partial charge is 0.398 e. The third-order valence-electron chi connectivity index (χ3n) is 7.02. The van der Waals surface area contributed by atoms with Crippen molar-refractivity contribution in [2.75, 3.05) is 11.9 Å². The lowest BCUT2D eigenvalue weighted by Crippen LogP contribution is -2.52. The molecule has 1 saturated carbocycles. The van der Waals surface area contributed by atoms with Crippen LogP contribution in [0.5, 0.6) is 0 Å². The lowest BCUT2D eigenvalue weighted by molar-refractivity contribution is -0.160. The number of rotatable bonds is 7. The molecule has 1 aromatic heterocycles. The van der Waals surface area contributed by atoms with Crippen LogP contribution in [0.25, 0.3) is 0 Å². The van der Waals surface area contributed by atoms with Crippen LogP contribution in [0.4, 0.5) is 18.9 Å². The van der Waals surface area contributed by atoms with Gasteiger partial charge in [0.1, 0.15) is 6.04 Å². The Morgan fingerprint density at radius 2 is 1.89 bits per heavy atom. The summed E-state index contributed by atoms with van der Waals surface area (Å²) < 4.78 is 39.8. The zero-order chi connectivity index (χ0) is 25.7. The normalized spacial score (nSPS) is 20.7. The fourth-order valence-electron chi connectivity index (χ4n) is 4.74. The van der Waals surface area contributed by atoms with Crippen LogP contribution in [-0.4, -0.2) is 47.3 Å².